The average molecular weight is 353 g/mol. The molecule has 0 radical (unpaired) electrons. The van der Waals surface area contributed by atoms with Crippen molar-refractivity contribution in [3.8, 4) is 0 Å². The third-order valence-corrected chi connectivity index (χ3v) is 4.36. The van der Waals surface area contributed by atoms with Crippen LogP contribution in [0.4, 0.5) is 0 Å². The van der Waals surface area contributed by atoms with E-state index in [1.165, 1.54) is 5.56 Å². The minimum atomic E-state index is 0.526. The van der Waals surface area contributed by atoms with Crippen molar-refractivity contribution in [2.24, 2.45) is 12.0 Å². The summed E-state index contributed by atoms with van der Waals surface area (Å²) in [7, 11) is 1.94. The number of para-hydroxylation sites is 1. The highest BCUT2D eigenvalue weighted by Gasteiger charge is 2.09. The van der Waals surface area contributed by atoms with E-state index in [9.17, 15) is 0 Å². The second-order valence-corrected chi connectivity index (χ2v) is 6.39. The molecule has 0 aliphatic heterocycles. The van der Waals surface area contributed by atoms with Gasteiger partial charge in [-0.05, 0) is 38.3 Å². The SMILES string of the molecule is CCNC(=NCc1oc2ccccc2c1C)NCCCc1cnn(C)c1. The molecule has 0 spiro atoms. The Balaban J connectivity index is 1.56. The van der Waals surface area contributed by atoms with Gasteiger partial charge in [0.25, 0.3) is 0 Å². The van der Waals surface area contributed by atoms with Gasteiger partial charge in [-0.15, -0.1) is 0 Å². The van der Waals surface area contributed by atoms with Gasteiger partial charge in [0.15, 0.2) is 5.96 Å². The maximum Gasteiger partial charge on any atom is 0.191 e. The number of benzene rings is 1. The first-order chi connectivity index (χ1) is 12.7. The number of nitrogens with one attached hydrogen (secondary N) is 2. The zero-order valence-corrected chi connectivity index (χ0v) is 15.7. The number of furan rings is 1. The Kier molecular flexibility index (Phi) is 5.94. The van der Waals surface area contributed by atoms with Crippen molar-refractivity contribution in [1.82, 2.24) is 20.4 Å². The minimum Gasteiger partial charge on any atom is -0.459 e. The van der Waals surface area contributed by atoms with E-state index in [0.29, 0.717) is 6.54 Å². The lowest BCUT2D eigenvalue weighted by Gasteiger charge is -2.10. The molecule has 138 valence electrons. The molecular formula is C20H27N5O. The van der Waals surface area contributed by atoms with Gasteiger partial charge in [0.2, 0.25) is 0 Å². The van der Waals surface area contributed by atoms with Crippen LogP contribution in [0.25, 0.3) is 11.0 Å². The van der Waals surface area contributed by atoms with Gasteiger partial charge in [0.05, 0.1) is 6.20 Å². The molecule has 0 fully saturated rings. The van der Waals surface area contributed by atoms with E-state index in [0.717, 1.165) is 54.2 Å². The molecule has 0 unspecified atom stereocenters. The molecule has 2 N–H and O–H groups in total. The van der Waals surface area contributed by atoms with Gasteiger partial charge in [0, 0.05) is 37.3 Å². The van der Waals surface area contributed by atoms with Crippen molar-refractivity contribution in [3.63, 3.8) is 0 Å². The van der Waals surface area contributed by atoms with E-state index in [2.05, 4.69) is 46.8 Å². The summed E-state index contributed by atoms with van der Waals surface area (Å²) in [5.41, 5.74) is 3.34. The summed E-state index contributed by atoms with van der Waals surface area (Å²) in [6.07, 6.45) is 6.01. The molecule has 6 heteroatoms. The third-order valence-electron chi connectivity index (χ3n) is 4.36. The number of fused-ring (bicyclic) bond motifs is 1. The van der Waals surface area contributed by atoms with Crippen molar-refractivity contribution in [2.75, 3.05) is 13.1 Å². The second-order valence-electron chi connectivity index (χ2n) is 6.39. The summed E-state index contributed by atoms with van der Waals surface area (Å²) < 4.78 is 7.78. The summed E-state index contributed by atoms with van der Waals surface area (Å²) in [4.78, 5) is 4.67. The smallest absolute Gasteiger partial charge is 0.191 e. The monoisotopic (exact) mass is 353 g/mol. The van der Waals surface area contributed by atoms with E-state index in [1.54, 1.807) is 0 Å². The van der Waals surface area contributed by atoms with Crippen LogP contribution in [0.2, 0.25) is 0 Å². The van der Waals surface area contributed by atoms with Crippen LogP contribution >= 0.6 is 0 Å². The molecule has 0 amide bonds. The number of nitrogens with zero attached hydrogens (tertiary/aromatic N) is 3. The standard InChI is InChI=1S/C20H27N5O/c1-4-21-20(22-11-7-8-16-12-24-25(3)14-16)23-13-19-15(2)17-9-5-6-10-18(17)26-19/h5-6,9-10,12,14H,4,7-8,11,13H2,1-3H3,(H2,21,22,23). The molecule has 0 bridgehead atoms. The topological polar surface area (TPSA) is 67.4 Å². The highest BCUT2D eigenvalue weighted by Crippen LogP contribution is 2.25. The van der Waals surface area contributed by atoms with E-state index >= 15 is 0 Å². The molecule has 0 saturated carbocycles. The highest BCUT2D eigenvalue weighted by atomic mass is 16.3. The van der Waals surface area contributed by atoms with Crippen LogP contribution in [0.5, 0.6) is 0 Å². The van der Waals surface area contributed by atoms with Crippen LogP contribution in [0.1, 0.15) is 30.2 Å². The quantitative estimate of drug-likeness (QED) is 0.389. The van der Waals surface area contributed by atoms with Gasteiger partial charge >= 0.3 is 0 Å². The lowest BCUT2D eigenvalue weighted by atomic mass is 10.1. The van der Waals surface area contributed by atoms with Crippen molar-refractivity contribution in [3.05, 3.63) is 53.5 Å². The Morgan fingerprint density at radius 2 is 2.12 bits per heavy atom. The lowest BCUT2D eigenvalue weighted by Crippen LogP contribution is -2.37. The molecule has 26 heavy (non-hydrogen) atoms. The number of hydrogen-bond donors (Lipinski definition) is 2. The van der Waals surface area contributed by atoms with Crippen molar-refractivity contribution >= 4 is 16.9 Å². The zero-order chi connectivity index (χ0) is 18.4. The number of aryl methyl sites for hydroxylation is 3. The third kappa shape index (κ3) is 4.45. The van der Waals surface area contributed by atoms with Crippen LogP contribution < -0.4 is 10.6 Å². The van der Waals surface area contributed by atoms with Crippen molar-refractivity contribution in [1.29, 1.82) is 0 Å². The van der Waals surface area contributed by atoms with E-state index in [4.69, 9.17) is 4.42 Å². The molecule has 2 heterocycles. The number of aliphatic imine (C=N–C) groups is 1. The summed E-state index contributed by atoms with van der Waals surface area (Å²) in [5, 5.41) is 12.0. The Morgan fingerprint density at radius 3 is 2.85 bits per heavy atom. The van der Waals surface area contributed by atoms with Gasteiger partial charge in [-0.1, -0.05) is 18.2 Å². The van der Waals surface area contributed by atoms with Crippen molar-refractivity contribution < 1.29 is 4.42 Å². The van der Waals surface area contributed by atoms with Crippen LogP contribution in [0.3, 0.4) is 0 Å². The Hall–Kier alpha value is -2.76. The summed E-state index contributed by atoms with van der Waals surface area (Å²) in [5.74, 6) is 1.73. The van der Waals surface area contributed by atoms with Crippen LogP contribution in [-0.2, 0) is 20.0 Å². The van der Waals surface area contributed by atoms with Gasteiger partial charge in [0.1, 0.15) is 17.9 Å². The van der Waals surface area contributed by atoms with Gasteiger partial charge in [-0.25, -0.2) is 4.99 Å². The molecule has 0 atom stereocenters. The van der Waals surface area contributed by atoms with Gasteiger partial charge in [-0.3, -0.25) is 4.68 Å². The Bertz CT molecular complexity index is 877. The molecule has 3 aromatic rings. The molecule has 0 saturated heterocycles. The average Bonchev–Trinajstić information content (AvgIpc) is 3.20. The van der Waals surface area contributed by atoms with Gasteiger partial charge < -0.3 is 15.1 Å². The molecule has 6 nitrogen and oxygen atoms in total. The van der Waals surface area contributed by atoms with Crippen molar-refractivity contribution in [2.45, 2.75) is 33.2 Å². The molecule has 0 aliphatic carbocycles. The zero-order valence-electron chi connectivity index (χ0n) is 15.7. The molecule has 1 aromatic carbocycles. The first-order valence-electron chi connectivity index (χ1n) is 9.14. The van der Waals surface area contributed by atoms with Crippen LogP contribution in [-0.4, -0.2) is 28.8 Å². The molecular weight excluding hydrogens is 326 g/mol. The Labute approximate surface area is 154 Å². The highest BCUT2D eigenvalue weighted by molar-refractivity contribution is 5.82. The summed E-state index contributed by atoms with van der Waals surface area (Å²) >= 11 is 0. The second kappa shape index (κ2) is 8.56. The fourth-order valence-corrected chi connectivity index (χ4v) is 2.97. The van der Waals surface area contributed by atoms with E-state index in [1.807, 2.05) is 36.1 Å². The van der Waals surface area contributed by atoms with Crippen LogP contribution in [0.15, 0.2) is 46.1 Å². The fourth-order valence-electron chi connectivity index (χ4n) is 2.97. The maximum absolute atomic E-state index is 5.94. The van der Waals surface area contributed by atoms with E-state index < -0.39 is 0 Å². The summed E-state index contributed by atoms with van der Waals surface area (Å²) in [6, 6.07) is 8.11. The predicted octanol–water partition coefficient (Wildman–Crippen LogP) is 3.16. The normalized spacial score (nSPS) is 11.9. The number of rotatable bonds is 7. The fraction of sp³-hybridized carbons (Fsp3) is 0.400. The first kappa shape index (κ1) is 18.0. The number of guanidine groups is 1. The summed E-state index contributed by atoms with van der Waals surface area (Å²) in [6.45, 7) is 6.37. The first-order valence-corrected chi connectivity index (χ1v) is 9.14. The largest absolute Gasteiger partial charge is 0.459 e. The van der Waals surface area contributed by atoms with Crippen LogP contribution in [0, 0.1) is 6.92 Å². The molecule has 3 rings (SSSR count). The minimum absolute atomic E-state index is 0.526. The molecule has 2 aromatic heterocycles. The Morgan fingerprint density at radius 1 is 1.27 bits per heavy atom. The number of hydrogen-bond acceptors (Lipinski definition) is 3. The molecule has 0 aliphatic rings. The van der Waals surface area contributed by atoms with E-state index in [-0.39, 0.29) is 0 Å². The predicted molar refractivity (Wildman–Crippen MR) is 105 cm³/mol. The maximum atomic E-state index is 5.94. The number of aromatic nitrogens is 2. The lowest BCUT2D eigenvalue weighted by molar-refractivity contribution is 0.547. The van der Waals surface area contributed by atoms with Gasteiger partial charge in [-0.2, -0.15) is 5.10 Å².